The summed E-state index contributed by atoms with van der Waals surface area (Å²) in [6.07, 6.45) is 3.07. The van der Waals surface area contributed by atoms with Crippen LogP contribution in [0.5, 0.6) is 0 Å². The normalized spacial score (nSPS) is 12.2. The Morgan fingerprint density at radius 2 is 2.00 bits per heavy atom. The van der Waals surface area contributed by atoms with Gasteiger partial charge in [-0.15, -0.1) is 0 Å². The molecule has 0 aliphatic rings. The van der Waals surface area contributed by atoms with Crippen molar-refractivity contribution in [1.29, 1.82) is 0 Å². The monoisotopic (exact) mass is 399 g/mol. The Labute approximate surface area is 165 Å². The highest BCUT2D eigenvalue weighted by atomic mass is 35.5. The second-order valence-corrected chi connectivity index (χ2v) is 6.87. The Bertz CT molecular complexity index is 1080. The molecule has 2 aromatic heterocycles. The van der Waals surface area contributed by atoms with Crippen molar-refractivity contribution >= 4 is 40.0 Å². The minimum atomic E-state index is -0.304. The van der Waals surface area contributed by atoms with Gasteiger partial charge in [-0.05, 0) is 23.8 Å². The number of nitrogens with zero attached hydrogens (tertiary/aromatic N) is 3. The lowest BCUT2D eigenvalue weighted by atomic mass is 10.1. The zero-order valence-corrected chi connectivity index (χ0v) is 15.6. The number of nitrogens with one attached hydrogen (secondary N) is 2. The summed E-state index contributed by atoms with van der Waals surface area (Å²) in [5, 5.41) is 8.77. The molecule has 2 heterocycles. The molecule has 1 unspecified atom stereocenters. The number of fused-ring (bicyclic) bond motifs is 1. The number of rotatable bonds is 5. The molecular formula is C19H15Cl2N5O. The Kier molecular flexibility index (Phi) is 4.83. The van der Waals surface area contributed by atoms with Gasteiger partial charge in [0.15, 0.2) is 0 Å². The Morgan fingerprint density at radius 1 is 1.19 bits per heavy atom. The van der Waals surface area contributed by atoms with Crippen LogP contribution in [0.3, 0.4) is 0 Å². The predicted octanol–water partition coefficient (Wildman–Crippen LogP) is 4.24. The van der Waals surface area contributed by atoms with E-state index in [2.05, 4.69) is 20.4 Å². The highest BCUT2D eigenvalue weighted by Crippen LogP contribution is 2.30. The Balaban J connectivity index is 1.64. The lowest BCUT2D eigenvalue weighted by molar-refractivity contribution is 0.0927. The molecule has 0 fully saturated rings. The number of hydrogen-bond donors (Lipinski definition) is 2. The van der Waals surface area contributed by atoms with E-state index in [1.165, 1.54) is 6.33 Å². The molecule has 2 N–H and O–H groups in total. The average molecular weight is 400 g/mol. The van der Waals surface area contributed by atoms with E-state index in [-0.39, 0.29) is 11.9 Å². The van der Waals surface area contributed by atoms with Crippen LogP contribution < -0.4 is 5.32 Å². The van der Waals surface area contributed by atoms with Crippen molar-refractivity contribution in [2.45, 2.75) is 12.6 Å². The molecule has 0 saturated carbocycles. The van der Waals surface area contributed by atoms with Crippen LogP contribution in [-0.2, 0) is 6.54 Å². The molecule has 0 aliphatic carbocycles. The number of H-pyrrole nitrogens is 1. The van der Waals surface area contributed by atoms with E-state index in [1.54, 1.807) is 29.2 Å². The first-order valence-electron chi connectivity index (χ1n) is 8.27. The van der Waals surface area contributed by atoms with Gasteiger partial charge >= 0.3 is 0 Å². The number of hydrogen-bond acceptors (Lipinski definition) is 3. The minimum Gasteiger partial charge on any atom is -0.349 e. The number of amides is 1. The lowest BCUT2D eigenvalue weighted by Gasteiger charge is -2.19. The number of halogens is 2. The van der Waals surface area contributed by atoms with Gasteiger partial charge in [-0.2, -0.15) is 5.10 Å². The van der Waals surface area contributed by atoms with Crippen molar-refractivity contribution in [3.63, 3.8) is 0 Å². The van der Waals surface area contributed by atoms with Gasteiger partial charge in [0.05, 0.1) is 17.6 Å². The van der Waals surface area contributed by atoms with Crippen LogP contribution in [0.2, 0.25) is 10.0 Å². The van der Waals surface area contributed by atoms with Gasteiger partial charge in [0.2, 0.25) is 0 Å². The Morgan fingerprint density at radius 3 is 2.74 bits per heavy atom. The maximum Gasteiger partial charge on any atom is 0.269 e. The number of carbonyl (C=O) groups excluding carboxylic acids is 1. The summed E-state index contributed by atoms with van der Waals surface area (Å²) in [6.45, 7) is 0.444. The largest absolute Gasteiger partial charge is 0.349 e. The number of benzene rings is 2. The summed E-state index contributed by atoms with van der Waals surface area (Å²) < 4.78 is 1.67. The van der Waals surface area contributed by atoms with E-state index >= 15 is 0 Å². The molecule has 4 aromatic rings. The molecule has 1 amide bonds. The molecule has 27 heavy (non-hydrogen) atoms. The zero-order valence-electron chi connectivity index (χ0n) is 14.1. The molecule has 0 spiro atoms. The van der Waals surface area contributed by atoms with E-state index < -0.39 is 0 Å². The van der Waals surface area contributed by atoms with Crippen molar-refractivity contribution in [2.75, 3.05) is 0 Å². The second kappa shape index (κ2) is 7.42. The van der Waals surface area contributed by atoms with Gasteiger partial charge in [0.1, 0.15) is 18.3 Å². The van der Waals surface area contributed by atoms with Crippen molar-refractivity contribution in [2.24, 2.45) is 0 Å². The second-order valence-electron chi connectivity index (χ2n) is 6.06. The van der Waals surface area contributed by atoms with Gasteiger partial charge in [0.25, 0.3) is 5.91 Å². The summed E-state index contributed by atoms with van der Waals surface area (Å²) in [5.41, 5.74) is 2.01. The van der Waals surface area contributed by atoms with Gasteiger partial charge in [-0.1, -0.05) is 53.5 Å². The molecule has 0 radical (unpaired) electrons. The van der Waals surface area contributed by atoms with Crippen molar-refractivity contribution in [3.8, 4) is 0 Å². The standard InChI is InChI=1S/C19H15Cl2N5O/c20-13-6-7-15-14(8-13)17(21)18(24-15)19(27)25-16(9-26-11-22-10-23-26)12-4-2-1-3-5-12/h1-8,10-11,16,24H,9H2,(H,25,27). The van der Waals surface area contributed by atoms with E-state index in [0.29, 0.717) is 27.7 Å². The molecule has 136 valence electrons. The molecule has 2 aromatic carbocycles. The maximum atomic E-state index is 12.9. The van der Waals surface area contributed by atoms with E-state index in [9.17, 15) is 4.79 Å². The SMILES string of the molecule is O=C(NC(Cn1cncn1)c1ccccc1)c1[nH]c2ccc(Cl)cc2c1Cl. The molecule has 6 nitrogen and oxygen atoms in total. The summed E-state index contributed by atoms with van der Waals surface area (Å²) in [6, 6.07) is 14.7. The highest BCUT2D eigenvalue weighted by molar-refractivity contribution is 6.39. The topological polar surface area (TPSA) is 75.6 Å². The van der Waals surface area contributed by atoms with Crippen LogP contribution in [0.25, 0.3) is 10.9 Å². The molecular weight excluding hydrogens is 385 g/mol. The summed E-state index contributed by atoms with van der Waals surface area (Å²) in [7, 11) is 0. The summed E-state index contributed by atoms with van der Waals surface area (Å²) >= 11 is 12.5. The van der Waals surface area contributed by atoms with E-state index in [0.717, 1.165) is 11.1 Å². The summed E-state index contributed by atoms with van der Waals surface area (Å²) in [4.78, 5) is 20.0. The van der Waals surface area contributed by atoms with Gasteiger partial charge in [-0.3, -0.25) is 9.48 Å². The van der Waals surface area contributed by atoms with E-state index in [4.69, 9.17) is 23.2 Å². The Hall–Kier alpha value is -2.83. The summed E-state index contributed by atoms with van der Waals surface area (Å²) in [5.74, 6) is -0.304. The number of aromatic amines is 1. The van der Waals surface area contributed by atoms with Crippen molar-refractivity contribution in [3.05, 3.63) is 82.5 Å². The van der Waals surface area contributed by atoms with Gasteiger partial charge in [-0.25, -0.2) is 4.98 Å². The fourth-order valence-corrected chi connectivity index (χ4v) is 3.41. The van der Waals surface area contributed by atoms with Crippen LogP contribution in [0.15, 0.2) is 61.2 Å². The van der Waals surface area contributed by atoms with Crippen LogP contribution in [0.1, 0.15) is 22.1 Å². The quantitative estimate of drug-likeness (QED) is 0.526. The smallest absolute Gasteiger partial charge is 0.269 e. The molecule has 1 atom stereocenters. The highest BCUT2D eigenvalue weighted by Gasteiger charge is 2.21. The van der Waals surface area contributed by atoms with E-state index in [1.807, 2.05) is 30.3 Å². The molecule has 4 rings (SSSR count). The van der Waals surface area contributed by atoms with Crippen LogP contribution >= 0.6 is 23.2 Å². The third kappa shape index (κ3) is 3.67. The van der Waals surface area contributed by atoms with Crippen molar-refractivity contribution < 1.29 is 4.79 Å². The molecule has 0 saturated heterocycles. The molecule has 0 aliphatic heterocycles. The third-order valence-corrected chi connectivity index (χ3v) is 4.90. The first-order chi connectivity index (χ1) is 13.1. The fraction of sp³-hybridized carbons (Fsp3) is 0.105. The van der Waals surface area contributed by atoms with Crippen LogP contribution in [0, 0.1) is 0 Å². The predicted molar refractivity (Wildman–Crippen MR) is 105 cm³/mol. The third-order valence-electron chi connectivity index (χ3n) is 4.27. The molecule has 0 bridgehead atoms. The number of carbonyl (C=O) groups is 1. The number of aromatic nitrogens is 4. The zero-order chi connectivity index (χ0) is 18.8. The fourth-order valence-electron chi connectivity index (χ4n) is 2.95. The van der Waals surface area contributed by atoms with Crippen LogP contribution in [0.4, 0.5) is 0 Å². The van der Waals surface area contributed by atoms with Gasteiger partial charge in [0, 0.05) is 15.9 Å². The van der Waals surface area contributed by atoms with Gasteiger partial charge < -0.3 is 10.3 Å². The first-order valence-corrected chi connectivity index (χ1v) is 9.02. The molecule has 8 heteroatoms. The van der Waals surface area contributed by atoms with Crippen molar-refractivity contribution in [1.82, 2.24) is 25.1 Å². The lowest BCUT2D eigenvalue weighted by Crippen LogP contribution is -2.32. The van der Waals surface area contributed by atoms with Crippen LogP contribution in [-0.4, -0.2) is 25.7 Å². The minimum absolute atomic E-state index is 0.299. The average Bonchev–Trinajstić information content (AvgIpc) is 3.30. The first kappa shape index (κ1) is 17.6. The maximum absolute atomic E-state index is 12.9.